The molecule has 1 heterocycles. The third-order valence-electron chi connectivity index (χ3n) is 2.69. The summed E-state index contributed by atoms with van der Waals surface area (Å²) >= 11 is 0. The molecule has 1 aromatic heterocycles. The van der Waals surface area contributed by atoms with Crippen LogP contribution in [0.5, 0.6) is 5.75 Å². The summed E-state index contributed by atoms with van der Waals surface area (Å²) in [6.07, 6.45) is -3.10. The summed E-state index contributed by atoms with van der Waals surface area (Å²) in [6, 6.07) is 2.89. The first-order valence-electron chi connectivity index (χ1n) is 5.99. The van der Waals surface area contributed by atoms with Crippen LogP contribution in [0.2, 0.25) is 0 Å². The summed E-state index contributed by atoms with van der Waals surface area (Å²) in [5.74, 6) is -3.51. The van der Waals surface area contributed by atoms with Crippen molar-refractivity contribution in [2.45, 2.75) is 6.18 Å². The number of nitrogens with zero attached hydrogens (tertiary/aromatic N) is 3. The van der Waals surface area contributed by atoms with E-state index < -0.39 is 23.5 Å². The Hall–Kier alpha value is -2.91. The van der Waals surface area contributed by atoms with Gasteiger partial charge < -0.3 is 9.84 Å². The van der Waals surface area contributed by atoms with E-state index in [0.29, 0.717) is 6.20 Å². The van der Waals surface area contributed by atoms with Gasteiger partial charge in [0.15, 0.2) is 5.82 Å². The van der Waals surface area contributed by atoms with Crippen LogP contribution in [-0.4, -0.2) is 33.0 Å². The average Bonchev–Trinajstić information content (AvgIpc) is 2.94. The predicted octanol–water partition coefficient (Wildman–Crippen LogP) is 2.83. The van der Waals surface area contributed by atoms with E-state index in [1.807, 2.05) is 0 Å². The quantitative estimate of drug-likeness (QED) is 0.688. The largest absolute Gasteiger partial charge is 0.497 e. The molecule has 1 aromatic carbocycles. The first kappa shape index (κ1) is 16.5. The number of carbonyl (C=O) groups is 1. The van der Waals surface area contributed by atoms with Crippen molar-refractivity contribution in [3.63, 3.8) is 0 Å². The lowest BCUT2D eigenvalue weighted by Crippen LogP contribution is -2.05. The van der Waals surface area contributed by atoms with Gasteiger partial charge >= 0.3 is 12.1 Å². The molecule has 0 aliphatic rings. The molecule has 0 aliphatic carbocycles. The zero-order chi connectivity index (χ0) is 17.2. The molecule has 2 rings (SSSR count). The fourth-order valence-corrected chi connectivity index (χ4v) is 1.65. The van der Waals surface area contributed by atoms with E-state index in [0.717, 1.165) is 23.1 Å². The van der Waals surface area contributed by atoms with Gasteiger partial charge in [-0.25, -0.2) is 14.5 Å². The molecule has 0 spiro atoms. The number of methoxy groups -OCH3 is 1. The molecule has 122 valence electrons. The number of halogens is 4. The Morgan fingerprint density at radius 3 is 2.61 bits per heavy atom. The standard InChI is InChI=1S/C13H9F4N3O3/c1-23-9-3-7(2-8(4-9)13(15,16)17)11-18-6-20(19-11)5-10(14)12(21)22/h2-6H,1H3,(H,21,22)/b10-5-. The van der Waals surface area contributed by atoms with Gasteiger partial charge in [0.1, 0.15) is 12.1 Å². The van der Waals surface area contributed by atoms with Crippen molar-refractivity contribution in [3.8, 4) is 17.1 Å². The van der Waals surface area contributed by atoms with Crippen molar-refractivity contribution in [2.24, 2.45) is 0 Å². The molecular formula is C13H9F4N3O3. The summed E-state index contributed by atoms with van der Waals surface area (Å²) < 4.78 is 57.0. The lowest BCUT2D eigenvalue weighted by molar-refractivity contribution is -0.137. The monoisotopic (exact) mass is 331 g/mol. The van der Waals surface area contributed by atoms with Gasteiger partial charge in [-0.1, -0.05) is 0 Å². The SMILES string of the molecule is COc1cc(-c2ncn(/C=C(\F)C(=O)O)n2)cc(C(F)(F)F)c1. The van der Waals surface area contributed by atoms with Gasteiger partial charge in [-0.05, 0) is 18.2 Å². The molecule has 0 atom stereocenters. The number of hydrogen-bond donors (Lipinski definition) is 1. The number of aromatic nitrogens is 3. The second-order valence-electron chi connectivity index (χ2n) is 4.28. The highest BCUT2D eigenvalue weighted by molar-refractivity contribution is 5.87. The topological polar surface area (TPSA) is 77.2 Å². The van der Waals surface area contributed by atoms with Crippen molar-refractivity contribution in [1.82, 2.24) is 14.8 Å². The molecule has 0 saturated heterocycles. The molecule has 0 fully saturated rings. The van der Waals surface area contributed by atoms with Gasteiger partial charge in [-0.3, -0.25) is 0 Å². The Labute approximate surface area is 126 Å². The van der Waals surface area contributed by atoms with Gasteiger partial charge in [0.25, 0.3) is 0 Å². The van der Waals surface area contributed by atoms with Crippen molar-refractivity contribution in [1.29, 1.82) is 0 Å². The Bertz CT molecular complexity index is 768. The molecule has 0 aliphatic heterocycles. The van der Waals surface area contributed by atoms with Crippen LogP contribution in [-0.2, 0) is 11.0 Å². The summed E-state index contributed by atoms with van der Waals surface area (Å²) in [4.78, 5) is 14.1. The maximum absolute atomic E-state index is 13.0. The second-order valence-corrected chi connectivity index (χ2v) is 4.28. The van der Waals surface area contributed by atoms with E-state index in [1.54, 1.807) is 0 Å². The van der Waals surface area contributed by atoms with E-state index >= 15 is 0 Å². The van der Waals surface area contributed by atoms with Gasteiger partial charge in [0.05, 0.1) is 18.9 Å². The summed E-state index contributed by atoms with van der Waals surface area (Å²) in [5.41, 5.74) is -0.977. The normalized spacial score (nSPS) is 12.3. The molecule has 1 N–H and O–H groups in total. The van der Waals surface area contributed by atoms with Crippen LogP contribution >= 0.6 is 0 Å². The molecule has 0 saturated carbocycles. The fourth-order valence-electron chi connectivity index (χ4n) is 1.65. The number of hydrogen-bond acceptors (Lipinski definition) is 4. The highest BCUT2D eigenvalue weighted by Gasteiger charge is 2.31. The third-order valence-corrected chi connectivity index (χ3v) is 2.69. The molecule has 2 aromatic rings. The Kier molecular flexibility index (Phi) is 4.34. The Morgan fingerprint density at radius 1 is 1.35 bits per heavy atom. The van der Waals surface area contributed by atoms with E-state index in [2.05, 4.69) is 10.1 Å². The number of rotatable bonds is 4. The Morgan fingerprint density at radius 2 is 2.04 bits per heavy atom. The number of benzene rings is 1. The zero-order valence-corrected chi connectivity index (χ0v) is 11.5. The van der Waals surface area contributed by atoms with E-state index in [9.17, 15) is 22.4 Å². The number of ether oxygens (including phenoxy) is 1. The second kappa shape index (κ2) is 6.07. The molecular weight excluding hydrogens is 322 g/mol. The van der Waals surface area contributed by atoms with Gasteiger partial charge in [0, 0.05) is 5.56 Å². The van der Waals surface area contributed by atoms with E-state index in [4.69, 9.17) is 9.84 Å². The minimum atomic E-state index is -4.60. The predicted molar refractivity (Wildman–Crippen MR) is 70.0 cm³/mol. The minimum Gasteiger partial charge on any atom is -0.497 e. The first-order valence-corrected chi connectivity index (χ1v) is 5.99. The average molecular weight is 331 g/mol. The third kappa shape index (κ3) is 3.84. The zero-order valence-electron chi connectivity index (χ0n) is 11.5. The van der Waals surface area contributed by atoms with Crippen LogP contribution in [0.3, 0.4) is 0 Å². The number of carboxylic acid groups (broad SMARTS) is 1. The summed E-state index contributed by atoms with van der Waals surface area (Å²) in [6.45, 7) is 0. The molecule has 0 bridgehead atoms. The van der Waals surface area contributed by atoms with Gasteiger partial charge in [-0.15, -0.1) is 5.10 Å². The van der Waals surface area contributed by atoms with E-state index in [1.165, 1.54) is 13.2 Å². The minimum absolute atomic E-state index is 0.0143. The van der Waals surface area contributed by atoms with Crippen LogP contribution in [0.4, 0.5) is 17.6 Å². The maximum Gasteiger partial charge on any atom is 0.416 e. The molecule has 0 radical (unpaired) electrons. The van der Waals surface area contributed by atoms with Gasteiger partial charge in [-0.2, -0.15) is 17.6 Å². The van der Waals surface area contributed by atoms with Crippen LogP contribution in [0.1, 0.15) is 5.56 Å². The van der Waals surface area contributed by atoms with Crippen molar-refractivity contribution in [2.75, 3.05) is 7.11 Å². The van der Waals surface area contributed by atoms with Gasteiger partial charge in [0.2, 0.25) is 5.83 Å². The highest BCUT2D eigenvalue weighted by atomic mass is 19.4. The molecule has 0 amide bonds. The van der Waals surface area contributed by atoms with E-state index in [-0.39, 0.29) is 17.1 Å². The lowest BCUT2D eigenvalue weighted by Gasteiger charge is -2.10. The van der Waals surface area contributed by atoms with Crippen molar-refractivity contribution in [3.05, 3.63) is 35.9 Å². The highest BCUT2D eigenvalue weighted by Crippen LogP contribution is 2.34. The van der Waals surface area contributed by atoms with Crippen molar-refractivity contribution < 1.29 is 32.2 Å². The number of aliphatic carboxylic acids is 1. The number of alkyl halides is 3. The Balaban J connectivity index is 2.45. The summed E-state index contributed by atoms with van der Waals surface area (Å²) in [7, 11) is 1.20. The molecule has 23 heavy (non-hydrogen) atoms. The van der Waals surface area contributed by atoms with Crippen LogP contribution in [0, 0.1) is 0 Å². The summed E-state index contributed by atoms with van der Waals surface area (Å²) in [5, 5.41) is 12.1. The first-order chi connectivity index (χ1) is 10.7. The fraction of sp³-hybridized carbons (Fsp3) is 0.154. The smallest absolute Gasteiger partial charge is 0.416 e. The molecule has 6 nitrogen and oxygen atoms in total. The van der Waals surface area contributed by atoms with Crippen LogP contribution < -0.4 is 4.74 Å². The molecule has 10 heteroatoms. The maximum atomic E-state index is 13.0. The number of carboxylic acids is 1. The van der Waals surface area contributed by atoms with Crippen LogP contribution in [0.25, 0.3) is 17.6 Å². The van der Waals surface area contributed by atoms with Crippen molar-refractivity contribution >= 4 is 12.2 Å². The van der Waals surface area contributed by atoms with Crippen LogP contribution in [0.15, 0.2) is 30.4 Å². The molecule has 0 unspecified atom stereocenters. The lowest BCUT2D eigenvalue weighted by atomic mass is 10.1.